The number of aliphatic hydroxyl groups is 1. The molecule has 1 aliphatic rings. The lowest BCUT2D eigenvalue weighted by Crippen LogP contribution is -2.35. The molecular formula is C17H23N3O2S. The highest BCUT2D eigenvalue weighted by molar-refractivity contribution is 7.12. The van der Waals surface area contributed by atoms with Crippen LogP contribution >= 0.6 is 11.3 Å². The minimum Gasteiger partial charge on any atom is -0.385 e. The van der Waals surface area contributed by atoms with Crippen LogP contribution in [0.15, 0.2) is 23.8 Å². The van der Waals surface area contributed by atoms with Gasteiger partial charge < -0.3 is 9.67 Å². The molecule has 0 aliphatic carbocycles. The van der Waals surface area contributed by atoms with Crippen molar-refractivity contribution < 1.29 is 9.90 Å². The normalized spacial score (nSPS) is 18.2. The van der Waals surface area contributed by atoms with Crippen molar-refractivity contribution in [3.8, 4) is 0 Å². The Morgan fingerprint density at radius 3 is 2.78 bits per heavy atom. The Kier molecular flexibility index (Phi) is 4.94. The highest BCUT2D eigenvalue weighted by atomic mass is 32.1. The van der Waals surface area contributed by atoms with Gasteiger partial charge in [-0.25, -0.2) is 4.98 Å². The summed E-state index contributed by atoms with van der Waals surface area (Å²) in [6.07, 6.45) is 5.06. The number of aryl methyl sites for hydroxylation is 1. The van der Waals surface area contributed by atoms with Crippen LogP contribution in [0, 0.1) is 5.92 Å². The molecule has 5 nitrogen and oxygen atoms in total. The van der Waals surface area contributed by atoms with Crippen LogP contribution in [0.4, 0.5) is 0 Å². The number of ketones is 1. The number of aromatic nitrogens is 2. The van der Waals surface area contributed by atoms with Crippen molar-refractivity contribution in [2.45, 2.75) is 32.4 Å². The van der Waals surface area contributed by atoms with E-state index in [1.165, 1.54) is 16.9 Å². The molecule has 1 fully saturated rings. The lowest BCUT2D eigenvalue weighted by Gasteiger charge is -2.33. The summed E-state index contributed by atoms with van der Waals surface area (Å²) in [6, 6.07) is 2.00. The topological polar surface area (TPSA) is 58.4 Å². The molecule has 0 bridgehead atoms. The zero-order chi connectivity index (χ0) is 16.4. The second kappa shape index (κ2) is 6.95. The van der Waals surface area contributed by atoms with Crippen molar-refractivity contribution >= 4 is 17.1 Å². The van der Waals surface area contributed by atoms with Gasteiger partial charge in [0.2, 0.25) is 0 Å². The number of hydrogen-bond acceptors (Lipinski definition) is 5. The first kappa shape index (κ1) is 16.4. The molecule has 6 heteroatoms. The summed E-state index contributed by atoms with van der Waals surface area (Å²) in [4.78, 5) is 18.9. The molecule has 3 rings (SSSR count). The standard InChI is InChI=1S/C17H23N3O2S/c1-12(21)15-9-13(11-23-15)10-20-6-3-14(4-7-20)16(22)17-18-5-8-19(17)2/h5,8-9,11,14,16,22H,3-4,6-7,10H2,1-2H3. The number of imidazole rings is 1. The van der Waals surface area contributed by atoms with Crippen LogP contribution in [0.2, 0.25) is 0 Å². The fourth-order valence-corrected chi connectivity index (χ4v) is 4.01. The first-order valence-corrected chi connectivity index (χ1v) is 8.88. The third-order valence-corrected chi connectivity index (χ3v) is 5.69. The quantitative estimate of drug-likeness (QED) is 0.855. The van der Waals surface area contributed by atoms with E-state index in [1.54, 1.807) is 13.1 Å². The maximum atomic E-state index is 11.4. The van der Waals surface area contributed by atoms with Gasteiger partial charge in [0, 0.05) is 26.0 Å². The molecule has 3 heterocycles. The summed E-state index contributed by atoms with van der Waals surface area (Å²) in [5.74, 6) is 1.16. The number of carbonyl (C=O) groups is 1. The van der Waals surface area contributed by atoms with E-state index in [0.717, 1.165) is 43.2 Å². The fraction of sp³-hybridized carbons (Fsp3) is 0.529. The lowest BCUT2D eigenvalue weighted by molar-refractivity contribution is 0.0492. The van der Waals surface area contributed by atoms with Crippen molar-refractivity contribution in [3.63, 3.8) is 0 Å². The third kappa shape index (κ3) is 3.71. The third-order valence-electron chi connectivity index (χ3n) is 4.61. The molecule has 0 radical (unpaired) electrons. The Hall–Kier alpha value is -1.50. The highest BCUT2D eigenvalue weighted by Crippen LogP contribution is 2.30. The van der Waals surface area contributed by atoms with E-state index in [1.807, 2.05) is 23.9 Å². The van der Waals surface area contributed by atoms with Crippen molar-refractivity contribution in [1.82, 2.24) is 14.5 Å². The van der Waals surface area contributed by atoms with Crippen LogP contribution in [0.5, 0.6) is 0 Å². The summed E-state index contributed by atoms with van der Waals surface area (Å²) in [5, 5.41) is 12.6. The Balaban J connectivity index is 1.54. The van der Waals surface area contributed by atoms with Crippen LogP contribution in [-0.4, -0.2) is 38.4 Å². The molecular weight excluding hydrogens is 310 g/mol. The van der Waals surface area contributed by atoms with Gasteiger partial charge in [-0.1, -0.05) is 0 Å². The molecule has 1 aliphatic heterocycles. The molecule has 2 aromatic heterocycles. The van der Waals surface area contributed by atoms with Crippen molar-refractivity contribution in [2.75, 3.05) is 13.1 Å². The number of nitrogens with zero attached hydrogens (tertiary/aromatic N) is 3. The monoisotopic (exact) mass is 333 g/mol. The van der Waals surface area contributed by atoms with Crippen LogP contribution in [0.25, 0.3) is 0 Å². The number of rotatable bonds is 5. The van der Waals surface area contributed by atoms with Gasteiger partial charge in [0.25, 0.3) is 0 Å². The molecule has 2 aromatic rings. The van der Waals surface area contributed by atoms with Gasteiger partial charge >= 0.3 is 0 Å². The van der Waals surface area contributed by atoms with Crippen LogP contribution in [0.1, 0.15) is 46.9 Å². The molecule has 0 aromatic carbocycles. The van der Waals surface area contributed by atoms with Gasteiger partial charge in [0.15, 0.2) is 5.78 Å². The fourth-order valence-electron chi connectivity index (χ4n) is 3.20. The number of piperidine rings is 1. The average molecular weight is 333 g/mol. The zero-order valence-corrected chi connectivity index (χ0v) is 14.4. The second-order valence-corrected chi connectivity index (χ2v) is 7.24. The van der Waals surface area contributed by atoms with E-state index in [-0.39, 0.29) is 11.7 Å². The molecule has 0 saturated carbocycles. The number of aliphatic hydroxyl groups excluding tert-OH is 1. The first-order valence-electron chi connectivity index (χ1n) is 8.00. The molecule has 1 saturated heterocycles. The summed E-state index contributed by atoms with van der Waals surface area (Å²) < 4.78 is 1.89. The molecule has 0 spiro atoms. The summed E-state index contributed by atoms with van der Waals surface area (Å²) >= 11 is 1.52. The van der Waals surface area contributed by atoms with Gasteiger partial charge in [0.1, 0.15) is 11.9 Å². The van der Waals surface area contributed by atoms with E-state index in [2.05, 4.69) is 15.3 Å². The molecule has 1 atom stereocenters. The number of carbonyl (C=O) groups excluding carboxylic acids is 1. The minimum absolute atomic E-state index is 0.137. The van der Waals surface area contributed by atoms with Crippen molar-refractivity contribution in [3.05, 3.63) is 40.1 Å². The van der Waals surface area contributed by atoms with Crippen molar-refractivity contribution in [1.29, 1.82) is 0 Å². The largest absolute Gasteiger partial charge is 0.385 e. The first-order chi connectivity index (χ1) is 11.0. The Morgan fingerprint density at radius 1 is 1.48 bits per heavy atom. The summed E-state index contributed by atoms with van der Waals surface area (Å²) in [7, 11) is 1.92. The smallest absolute Gasteiger partial charge is 0.169 e. The Bertz CT molecular complexity index is 671. The maximum Gasteiger partial charge on any atom is 0.169 e. The molecule has 124 valence electrons. The minimum atomic E-state index is -0.484. The van der Waals surface area contributed by atoms with E-state index in [0.29, 0.717) is 0 Å². The van der Waals surface area contributed by atoms with Gasteiger partial charge in [-0.2, -0.15) is 0 Å². The van der Waals surface area contributed by atoms with Gasteiger partial charge in [-0.15, -0.1) is 11.3 Å². The Labute approximate surface area is 140 Å². The number of thiophene rings is 1. The molecule has 0 amide bonds. The summed E-state index contributed by atoms with van der Waals surface area (Å²) in [6.45, 7) is 4.43. The van der Waals surface area contributed by atoms with E-state index in [4.69, 9.17) is 0 Å². The second-order valence-electron chi connectivity index (χ2n) is 6.33. The predicted octanol–water partition coefficient (Wildman–Crippen LogP) is 2.63. The molecule has 1 N–H and O–H groups in total. The number of hydrogen-bond donors (Lipinski definition) is 1. The van der Waals surface area contributed by atoms with Gasteiger partial charge in [-0.3, -0.25) is 9.69 Å². The number of likely N-dealkylation sites (tertiary alicyclic amines) is 1. The molecule has 23 heavy (non-hydrogen) atoms. The van der Waals surface area contributed by atoms with Gasteiger partial charge in [-0.05, 0) is 55.8 Å². The van der Waals surface area contributed by atoms with Crippen molar-refractivity contribution in [2.24, 2.45) is 13.0 Å². The molecule has 1 unspecified atom stereocenters. The van der Waals surface area contributed by atoms with Crippen LogP contribution in [0.3, 0.4) is 0 Å². The SMILES string of the molecule is CC(=O)c1cc(CN2CCC(C(O)c3nccn3C)CC2)cs1. The number of Topliss-reactive ketones (excluding diaryl/α,β-unsaturated/α-hetero) is 1. The van der Waals surface area contributed by atoms with Crippen LogP contribution < -0.4 is 0 Å². The average Bonchev–Trinajstić information content (AvgIpc) is 3.16. The predicted molar refractivity (Wildman–Crippen MR) is 90.5 cm³/mol. The summed E-state index contributed by atoms with van der Waals surface area (Å²) in [5.41, 5.74) is 1.21. The van der Waals surface area contributed by atoms with E-state index < -0.39 is 6.10 Å². The Morgan fingerprint density at radius 2 is 2.22 bits per heavy atom. The zero-order valence-electron chi connectivity index (χ0n) is 13.6. The van der Waals surface area contributed by atoms with Crippen LogP contribution in [-0.2, 0) is 13.6 Å². The van der Waals surface area contributed by atoms with Gasteiger partial charge in [0.05, 0.1) is 4.88 Å². The highest BCUT2D eigenvalue weighted by Gasteiger charge is 2.28. The maximum absolute atomic E-state index is 11.4. The lowest BCUT2D eigenvalue weighted by atomic mass is 9.90. The van der Waals surface area contributed by atoms with E-state index >= 15 is 0 Å². The van der Waals surface area contributed by atoms with E-state index in [9.17, 15) is 9.90 Å².